The second kappa shape index (κ2) is 13.3. The minimum absolute atomic E-state index is 0.404. The van der Waals surface area contributed by atoms with Crippen molar-refractivity contribution in [3.63, 3.8) is 0 Å². The van der Waals surface area contributed by atoms with Crippen molar-refractivity contribution in [3.8, 4) is 0 Å². The van der Waals surface area contributed by atoms with Crippen LogP contribution in [0, 0.1) is 0 Å². The van der Waals surface area contributed by atoms with Gasteiger partial charge in [0, 0.05) is 24.7 Å². The molecular formula is C16H31N3O6. The highest BCUT2D eigenvalue weighted by atomic mass is 16.7. The molecule has 0 spiro atoms. The van der Waals surface area contributed by atoms with E-state index >= 15 is 0 Å². The van der Waals surface area contributed by atoms with Crippen molar-refractivity contribution in [1.82, 2.24) is 0 Å². The summed E-state index contributed by atoms with van der Waals surface area (Å²) < 4.78 is 16.9. The lowest BCUT2D eigenvalue weighted by Gasteiger charge is -2.41. The lowest BCUT2D eigenvalue weighted by molar-refractivity contribution is -0.310. The molecule has 0 amide bonds. The van der Waals surface area contributed by atoms with E-state index in [4.69, 9.17) is 19.7 Å². The number of aliphatic hydroxyl groups is 3. The molecule has 0 aromatic rings. The Morgan fingerprint density at radius 2 is 1.76 bits per heavy atom. The molecule has 0 aliphatic carbocycles. The minimum atomic E-state index is -1.21. The molecule has 9 heteroatoms. The topological polar surface area (TPSA) is 137 Å². The third-order valence-corrected chi connectivity index (χ3v) is 4.13. The van der Waals surface area contributed by atoms with Crippen LogP contribution in [-0.2, 0) is 14.2 Å². The fraction of sp³-hybridized carbons (Fsp3) is 1.00. The SMILES string of the molecule is CCCCOC1C(OCCCCCCN=[N+]=[N-])OC(CO)C(O)C1O. The molecule has 1 fully saturated rings. The van der Waals surface area contributed by atoms with E-state index in [1.54, 1.807) is 0 Å². The Morgan fingerprint density at radius 1 is 1.04 bits per heavy atom. The maximum absolute atomic E-state index is 10.2. The summed E-state index contributed by atoms with van der Waals surface area (Å²) in [6.45, 7) is 2.99. The molecule has 5 atom stereocenters. The summed E-state index contributed by atoms with van der Waals surface area (Å²) in [5.41, 5.74) is 8.19. The summed E-state index contributed by atoms with van der Waals surface area (Å²) in [7, 11) is 0. The van der Waals surface area contributed by atoms with Crippen molar-refractivity contribution in [2.75, 3.05) is 26.4 Å². The quantitative estimate of drug-likeness (QED) is 0.197. The number of unbranched alkanes of at least 4 members (excludes halogenated alkanes) is 4. The summed E-state index contributed by atoms with van der Waals surface area (Å²) in [6.07, 6.45) is 0.389. The van der Waals surface area contributed by atoms with Gasteiger partial charge in [0.15, 0.2) is 6.29 Å². The molecule has 1 aliphatic rings. The van der Waals surface area contributed by atoms with Gasteiger partial charge in [-0.15, -0.1) is 0 Å². The lowest BCUT2D eigenvalue weighted by Crippen LogP contribution is -2.60. The average Bonchev–Trinajstić information content (AvgIpc) is 2.62. The Labute approximate surface area is 148 Å². The predicted molar refractivity (Wildman–Crippen MR) is 90.8 cm³/mol. The van der Waals surface area contributed by atoms with E-state index in [1.165, 1.54) is 0 Å². The molecule has 25 heavy (non-hydrogen) atoms. The van der Waals surface area contributed by atoms with Crippen molar-refractivity contribution < 1.29 is 29.5 Å². The average molecular weight is 361 g/mol. The zero-order valence-electron chi connectivity index (χ0n) is 14.9. The maximum atomic E-state index is 10.2. The van der Waals surface area contributed by atoms with Gasteiger partial charge in [-0.2, -0.15) is 0 Å². The summed E-state index contributed by atoms with van der Waals surface area (Å²) >= 11 is 0. The first-order chi connectivity index (χ1) is 12.2. The van der Waals surface area contributed by atoms with Crippen LogP contribution < -0.4 is 0 Å². The van der Waals surface area contributed by atoms with Gasteiger partial charge < -0.3 is 29.5 Å². The maximum Gasteiger partial charge on any atom is 0.186 e. The van der Waals surface area contributed by atoms with Crippen molar-refractivity contribution in [2.45, 2.75) is 76.2 Å². The highest BCUT2D eigenvalue weighted by Crippen LogP contribution is 2.25. The van der Waals surface area contributed by atoms with Crippen LogP contribution in [0.5, 0.6) is 0 Å². The number of rotatable bonds is 13. The summed E-state index contributed by atoms with van der Waals surface area (Å²) in [5.74, 6) is 0. The molecule has 1 aliphatic heterocycles. The zero-order chi connectivity index (χ0) is 18.5. The standard InChI is InChI=1S/C16H31N3O6/c1-2-3-9-23-15-14(22)13(21)12(11-20)25-16(15)24-10-7-5-4-6-8-18-19-17/h12-16,20-22H,2-11H2,1H3. The number of ether oxygens (including phenoxy) is 3. The predicted octanol–water partition coefficient (Wildman–Crippen LogP) is 1.50. The first-order valence-corrected chi connectivity index (χ1v) is 9.02. The molecule has 3 N–H and O–H groups in total. The summed E-state index contributed by atoms with van der Waals surface area (Å²) in [6, 6.07) is 0. The zero-order valence-corrected chi connectivity index (χ0v) is 14.9. The fourth-order valence-corrected chi connectivity index (χ4v) is 2.61. The Balaban J connectivity index is 2.40. The Morgan fingerprint density at radius 3 is 2.44 bits per heavy atom. The van der Waals surface area contributed by atoms with E-state index < -0.39 is 37.3 Å². The summed E-state index contributed by atoms with van der Waals surface area (Å²) in [4.78, 5) is 2.70. The fourth-order valence-electron chi connectivity index (χ4n) is 2.61. The second-order valence-corrected chi connectivity index (χ2v) is 6.14. The Hall–Kier alpha value is -0.930. The van der Waals surface area contributed by atoms with Crippen molar-refractivity contribution in [2.24, 2.45) is 5.11 Å². The summed E-state index contributed by atoms with van der Waals surface area (Å²) in [5, 5.41) is 33.0. The Bertz CT molecular complexity index is 394. The van der Waals surface area contributed by atoms with Gasteiger partial charge in [0.2, 0.25) is 0 Å². The van der Waals surface area contributed by atoms with Gasteiger partial charge in [-0.1, -0.05) is 31.3 Å². The third-order valence-electron chi connectivity index (χ3n) is 4.13. The highest BCUT2D eigenvalue weighted by Gasteiger charge is 2.45. The molecule has 9 nitrogen and oxygen atoms in total. The number of nitrogens with zero attached hydrogens (tertiary/aromatic N) is 3. The molecule has 0 aromatic heterocycles. The van der Waals surface area contributed by atoms with Crippen molar-refractivity contribution in [1.29, 1.82) is 0 Å². The molecular weight excluding hydrogens is 330 g/mol. The van der Waals surface area contributed by atoms with Gasteiger partial charge in [0.05, 0.1) is 6.61 Å². The highest BCUT2D eigenvalue weighted by molar-refractivity contribution is 4.90. The van der Waals surface area contributed by atoms with Crippen molar-refractivity contribution in [3.05, 3.63) is 10.4 Å². The van der Waals surface area contributed by atoms with Crippen LogP contribution in [-0.4, -0.2) is 72.4 Å². The molecule has 1 rings (SSSR count). The van der Waals surface area contributed by atoms with E-state index in [2.05, 4.69) is 10.0 Å². The molecule has 0 saturated carbocycles. The normalized spacial score (nSPS) is 29.4. The van der Waals surface area contributed by atoms with Gasteiger partial charge in [0.1, 0.15) is 24.4 Å². The van der Waals surface area contributed by atoms with Crippen LogP contribution in [0.25, 0.3) is 10.4 Å². The number of aliphatic hydroxyl groups excluding tert-OH is 3. The number of hydrogen-bond donors (Lipinski definition) is 3. The van der Waals surface area contributed by atoms with Crippen LogP contribution in [0.15, 0.2) is 5.11 Å². The van der Waals surface area contributed by atoms with Gasteiger partial charge in [-0.25, -0.2) is 0 Å². The largest absolute Gasteiger partial charge is 0.394 e. The Kier molecular flexibility index (Phi) is 11.8. The van der Waals surface area contributed by atoms with Crippen molar-refractivity contribution >= 4 is 0 Å². The molecule has 0 bridgehead atoms. The third kappa shape index (κ3) is 7.87. The molecule has 1 heterocycles. The van der Waals surface area contributed by atoms with E-state index in [0.29, 0.717) is 19.8 Å². The number of azide groups is 1. The van der Waals surface area contributed by atoms with Crippen LogP contribution >= 0.6 is 0 Å². The van der Waals surface area contributed by atoms with Gasteiger partial charge in [-0.3, -0.25) is 0 Å². The first-order valence-electron chi connectivity index (χ1n) is 9.02. The van der Waals surface area contributed by atoms with Crippen LogP contribution in [0.1, 0.15) is 45.4 Å². The van der Waals surface area contributed by atoms with E-state index in [9.17, 15) is 15.3 Å². The minimum Gasteiger partial charge on any atom is -0.394 e. The monoisotopic (exact) mass is 361 g/mol. The lowest BCUT2D eigenvalue weighted by atomic mass is 9.99. The van der Waals surface area contributed by atoms with Gasteiger partial charge in [-0.05, 0) is 24.8 Å². The molecule has 1 saturated heterocycles. The van der Waals surface area contributed by atoms with Crippen LogP contribution in [0.2, 0.25) is 0 Å². The first kappa shape index (κ1) is 22.1. The molecule has 5 unspecified atom stereocenters. The van der Waals surface area contributed by atoms with E-state index in [0.717, 1.165) is 38.5 Å². The molecule has 0 radical (unpaired) electrons. The van der Waals surface area contributed by atoms with E-state index in [1.807, 2.05) is 6.92 Å². The van der Waals surface area contributed by atoms with Crippen LogP contribution in [0.3, 0.4) is 0 Å². The smallest absolute Gasteiger partial charge is 0.186 e. The van der Waals surface area contributed by atoms with Gasteiger partial charge >= 0.3 is 0 Å². The van der Waals surface area contributed by atoms with Crippen LogP contribution in [0.4, 0.5) is 0 Å². The molecule has 146 valence electrons. The van der Waals surface area contributed by atoms with E-state index in [-0.39, 0.29) is 0 Å². The molecule has 0 aromatic carbocycles. The van der Waals surface area contributed by atoms with Gasteiger partial charge in [0.25, 0.3) is 0 Å². The second-order valence-electron chi connectivity index (χ2n) is 6.14. The number of hydrogen-bond acceptors (Lipinski definition) is 7.